The minimum atomic E-state index is -0.528. The van der Waals surface area contributed by atoms with Crippen LogP contribution < -0.4 is 10.3 Å². The maximum absolute atomic E-state index is 12.5. The first-order valence-corrected chi connectivity index (χ1v) is 7.94. The SMILES string of the molecule is CCc1cccc(OCCn2cnc3ccc([N+](=O)[O-])cc3c2=O)c1. The zero-order chi connectivity index (χ0) is 17.8. The average Bonchev–Trinajstić information content (AvgIpc) is 2.63. The van der Waals surface area contributed by atoms with Gasteiger partial charge in [-0.05, 0) is 30.2 Å². The average molecular weight is 339 g/mol. The molecule has 0 bridgehead atoms. The highest BCUT2D eigenvalue weighted by Crippen LogP contribution is 2.16. The predicted molar refractivity (Wildman–Crippen MR) is 94.0 cm³/mol. The van der Waals surface area contributed by atoms with Gasteiger partial charge < -0.3 is 4.74 Å². The number of non-ortho nitro benzene ring substituents is 1. The molecule has 3 aromatic rings. The molecule has 0 unspecified atom stereocenters. The molecule has 0 N–H and O–H groups in total. The van der Waals surface area contributed by atoms with Crippen molar-refractivity contribution in [2.45, 2.75) is 19.9 Å². The maximum Gasteiger partial charge on any atom is 0.270 e. The van der Waals surface area contributed by atoms with Crippen molar-refractivity contribution in [1.29, 1.82) is 0 Å². The van der Waals surface area contributed by atoms with Gasteiger partial charge in [-0.3, -0.25) is 19.5 Å². The van der Waals surface area contributed by atoms with E-state index in [1.165, 1.54) is 34.7 Å². The minimum Gasteiger partial charge on any atom is -0.492 e. The minimum absolute atomic E-state index is 0.128. The molecule has 7 nitrogen and oxygen atoms in total. The Balaban J connectivity index is 1.78. The monoisotopic (exact) mass is 339 g/mol. The van der Waals surface area contributed by atoms with E-state index in [2.05, 4.69) is 11.9 Å². The van der Waals surface area contributed by atoms with Gasteiger partial charge in [-0.15, -0.1) is 0 Å². The molecule has 0 aliphatic heterocycles. The highest BCUT2D eigenvalue weighted by Gasteiger charge is 2.10. The molecular weight excluding hydrogens is 322 g/mol. The third-order valence-corrected chi connectivity index (χ3v) is 3.93. The Morgan fingerprint density at radius 3 is 2.84 bits per heavy atom. The van der Waals surface area contributed by atoms with E-state index in [0.29, 0.717) is 18.7 Å². The van der Waals surface area contributed by atoms with Gasteiger partial charge in [0.05, 0.1) is 28.7 Å². The molecule has 2 aromatic carbocycles. The van der Waals surface area contributed by atoms with Gasteiger partial charge in [0, 0.05) is 12.1 Å². The summed E-state index contributed by atoms with van der Waals surface area (Å²) in [6.45, 7) is 2.68. The molecule has 0 radical (unpaired) electrons. The number of rotatable bonds is 6. The third kappa shape index (κ3) is 3.65. The maximum atomic E-state index is 12.5. The highest BCUT2D eigenvalue weighted by atomic mass is 16.6. The summed E-state index contributed by atoms with van der Waals surface area (Å²) in [6, 6.07) is 11.9. The molecule has 1 aromatic heterocycles. The van der Waals surface area contributed by atoms with Crippen molar-refractivity contribution in [3.05, 3.63) is 74.8 Å². The quantitative estimate of drug-likeness (QED) is 0.509. The molecule has 0 fully saturated rings. The molecule has 3 rings (SSSR count). The lowest BCUT2D eigenvalue weighted by Gasteiger charge is -2.09. The summed E-state index contributed by atoms with van der Waals surface area (Å²) in [4.78, 5) is 27.0. The molecule has 0 spiro atoms. The Hall–Kier alpha value is -3.22. The molecule has 0 amide bonds. The lowest BCUT2D eigenvalue weighted by molar-refractivity contribution is -0.384. The van der Waals surface area contributed by atoms with Gasteiger partial charge in [0.2, 0.25) is 0 Å². The summed E-state index contributed by atoms with van der Waals surface area (Å²) < 4.78 is 7.08. The molecule has 128 valence electrons. The number of nitrogens with zero attached hydrogens (tertiary/aromatic N) is 3. The largest absolute Gasteiger partial charge is 0.492 e. The Bertz CT molecular complexity index is 981. The van der Waals surface area contributed by atoms with Crippen molar-refractivity contribution in [3.8, 4) is 5.75 Å². The third-order valence-electron chi connectivity index (χ3n) is 3.93. The lowest BCUT2D eigenvalue weighted by Crippen LogP contribution is -2.23. The second-order valence-electron chi connectivity index (χ2n) is 5.55. The number of hydrogen-bond acceptors (Lipinski definition) is 5. The van der Waals surface area contributed by atoms with Gasteiger partial charge in [-0.25, -0.2) is 4.98 Å². The summed E-state index contributed by atoms with van der Waals surface area (Å²) >= 11 is 0. The predicted octanol–water partition coefficient (Wildman–Crippen LogP) is 2.95. The number of nitro benzene ring substituents is 1. The van der Waals surface area contributed by atoms with Gasteiger partial charge in [-0.2, -0.15) is 0 Å². The van der Waals surface area contributed by atoms with Crippen molar-refractivity contribution < 1.29 is 9.66 Å². The van der Waals surface area contributed by atoms with E-state index in [1.54, 1.807) is 0 Å². The standard InChI is InChI=1S/C18H17N3O4/c1-2-13-4-3-5-15(10-13)25-9-8-20-12-19-17-7-6-14(21(23)24)11-16(17)18(20)22/h3-7,10-12H,2,8-9H2,1H3. The normalized spacial score (nSPS) is 10.8. The fourth-order valence-corrected chi connectivity index (χ4v) is 2.54. The molecule has 0 saturated heterocycles. The van der Waals surface area contributed by atoms with Gasteiger partial charge in [0.15, 0.2) is 0 Å². The van der Waals surface area contributed by atoms with Crippen molar-refractivity contribution >= 4 is 16.6 Å². The van der Waals surface area contributed by atoms with E-state index >= 15 is 0 Å². The van der Waals surface area contributed by atoms with E-state index in [0.717, 1.165) is 12.2 Å². The van der Waals surface area contributed by atoms with Crippen molar-refractivity contribution in [1.82, 2.24) is 9.55 Å². The first kappa shape index (κ1) is 16.6. The first-order chi connectivity index (χ1) is 12.1. The first-order valence-electron chi connectivity index (χ1n) is 7.94. The molecule has 0 saturated carbocycles. The number of hydrogen-bond donors (Lipinski definition) is 0. The molecule has 0 atom stereocenters. The van der Waals surface area contributed by atoms with Crippen LogP contribution in [-0.2, 0) is 13.0 Å². The number of nitro groups is 1. The van der Waals surface area contributed by atoms with E-state index in [4.69, 9.17) is 4.74 Å². The second kappa shape index (κ2) is 7.12. The molecule has 0 aliphatic carbocycles. The fraction of sp³-hybridized carbons (Fsp3) is 0.222. The molecule has 25 heavy (non-hydrogen) atoms. The van der Waals surface area contributed by atoms with Crippen LogP contribution >= 0.6 is 0 Å². The molecule has 0 aliphatic rings. The van der Waals surface area contributed by atoms with E-state index < -0.39 is 4.92 Å². The number of benzene rings is 2. The van der Waals surface area contributed by atoms with Crippen LogP contribution in [0.25, 0.3) is 10.9 Å². The fourth-order valence-electron chi connectivity index (χ4n) is 2.54. The second-order valence-corrected chi connectivity index (χ2v) is 5.55. The van der Waals surface area contributed by atoms with Gasteiger partial charge in [0.1, 0.15) is 12.4 Å². The van der Waals surface area contributed by atoms with Crippen molar-refractivity contribution in [3.63, 3.8) is 0 Å². The van der Waals surface area contributed by atoms with E-state index in [9.17, 15) is 14.9 Å². The van der Waals surface area contributed by atoms with Crippen molar-refractivity contribution in [2.24, 2.45) is 0 Å². The van der Waals surface area contributed by atoms with Gasteiger partial charge >= 0.3 is 0 Å². The van der Waals surface area contributed by atoms with Crippen LogP contribution in [0.2, 0.25) is 0 Å². The molecule has 7 heteroatoms. The van der Waals surface area contributed by atoms with E-state index in [1.807, 2.05) is 24.3 Å². The summed E-state index contributed by atoms with van der Waals surface area (Å²) in [7, 11) is 0. The highest BCUT2D eigenvalue weighted by molar-refractivity contribution is 5.79. The van der Waals surface area contributed by atoms with Crippen molar-refractivity contribution in [2.75, 3.05) is 6.61 Å². The smallest absolute Gasteiger partial charge is 0.270 e. The summed E-state index contributed by atoms with van der Waals surface area (Å²) in [6.07, 6.45) is 2.35. The number of aromatic nitrogens is 2. The van der Waals surface area contributed by atoms with Crippen LogP contribution in [0.1, 0.15) is 12.5 Å². The van der Waals surface area contributed by atoms with Gasteiger partial charge in [-0.1, -0.05) is 19.1 Å². The van der Waals surface area contributed by atoms with Crippen LogP contribution in [0.4, 0.5) is 5.69 Å². The number of aryl methyl sites for hydroxylation is 1. The topological polar surface area (TPSA) is 87.3 Å². The number of fused-ring (bicyclic) bond motifs is 1. The number of ether oxygens (including phenoxy) is 1. The van der Waals surface area contributed by atoms with Gasteiger partial charge in [0.25, 0.3) is 11.2 Å². The summed E-state index contributed by atoms with van der Waals surface area (Å²) in [5.74, 6) is 0.747. The van der Waals surface area contributed by atoms with Crippen LogP contribution in [0.3, 0.4) is 0 Å². The Labute approximate surface area is 143 Å². The Morgan fingerprint density at radius 2 is 2.08 bits per heavy atom. The van der Waals surface area contributed by atoms with Crippen LogP contribution in [-0.4, -0.2) is 21.1 Å². The summed E-state index contributed by atoms with van der Waals surface area (Å²) in [5, 5.41) is 11.1. The van der Waals surface area contributed by atoms with Crippen LogP contribution in [0.5, 0.6) is 5.75 Å². The zero-order valence-corrected chi connectivity index (χ0v) is 13.7. The summed E-state index contributed by atoms with van der Waals surface area (Å²) in [5.41, 5.74) is 1.16. The molecule has 1 heterocycles. The van der Waals surface area contributed by atoms with Crippen LogP contribution in [0.15, 0.2) is 53.6 Å². The van der Waals surface area contributed by atoms with Crippen LogP contribution in [0, 0.1) is 10.1 Å². The Kier molecular flexibility index (Phi) is 4.74. The molecular formula is C18H17N3O4. The lowest BCUT2D eigenvalue weighted by atomic mass is 10.2. The Morgan fingerprint density at radius 1 is 1.24 bits per heavy atom. The van der Waals surface area contributed by atoms with E-state index in [-0.39, 0.29) is 16.6 Å². The zero-order valence-electron chi connectivity index (χ0n) is 13.7.